The average Bonchev–Trinajstić information content (AvgIpc) is 3.13. The fourth-order valence-electron chi connectivity index (χ4n) is 4.05. The first kappa shape index (κ1) is 22.7. The molecular formula is C26H43N2+. The number of aromatic nitrogens is 2. The maximum atomic E-state index is 2.52. The standard InChI is InChI=1S/C26H43N2/c1-3-5-7-9-11-12-17-21-26-27(22-18-13-10-8-6-4-2)23-24-28(26)25-19-15-14-16-20-25/h14-16,19-20,23-24H,3-13,17-18,21-22H2,1-2H3/q+1. The zero-order chi connectivity index (χ0) is 19.9. The summed E-state index contributed by atoms with van der Waals surface area (Å²) in [7, 11) is 0. The number of hydrogen-bond acceptors (Lipinski definition) is 0. The zero-order valence-electron chi connectivity index (χ0n) is 18.5. The Kier molecular flexibility index (Phi) is 11.7. The lowest BCUT2D eigenvalue weighted by atomic mass is 10.1. The van der Waals surface area contributed by atoms with Gasteiger partial charge in [0.1, 0.15) is 18.1 Å². The van der Waals surface area contributed by atoms with Crippen molar-refractivity contribution in [3.63, 3.8) is 0 Å². The number of para-hydroxylation sites is 1. The van der Waals surface area contributed by atoms with E-state index >= 15 is 0 Å². The van der Waals surface area contributed by atoms with Crippen molar-refractivity contribution < 1.29 is 4.57 Å². The fourth-order valence-corrected chi connectivity index (χ4v) is 4.05. The largest absolute Gasteiger partial charge is 0.261 e. The van der Waals surface area contributed by atoms with Crippen molar-refractivity contribution in [2.45, 2.75) is 110 Å². The maximum absolute atomic E-state index is 2.52. The summed E-state index contributed by atoms with van der Waals surface area (Å²) < 4.78 is 4.93. The van der Waals surface area contributed by atoms with Gasteiger partial charge in [0.15, 0.2) is 0 Å². The molecule has 0 bridgehead atoms. The summed E-state index contributed by atoms with van der Waals surface area (Å²) in [4.78, 5) is 0. The van der Waals surface area contributed by atoms with Gasteiger partial charge in [0, 0.05) is 6.42 Å². The van der Waals surface area contributed by atoms with Gasteiger partial charge >= 0.3 is 0 Å². The van der Waals surface area contributed by atoms with Crippen molar-refractivity contribution in [2.75, 3.05) is 0 Å². The van der Waals surface area contributed by atoms with Crippen LogP contribution in [0.1, 0.15) is 103 Å². The van der Waals surface area contributed by atoms with Crippen LogP contribution in [0.5, 0.6) is 0 Å². The topological polar surface area (TPSA) is 8.81 Å². The lowest BCUT2D eigenvalue weighted by molar-refractivity contribution is -0.704. The van der Waals surface area contributed by atoms with Crippen LogP contribution in [0.3, 0.4) is 0 Å². The second kappa shape index (κ2) is 14.4. The number of rotatable bonds is 16. The van der Waals surface area contributed by atoms with Crippen molar-refractivity contribution >= 4 is 0 Å². The quantitative estimate of drug-likeness (QED) is 0.211. The Morgan fingerprint density at radius 2 is 1.25 bits per heavy atom. The molecule has 0 aliphatic carbocycles. The smallest absolute Gasteiger partial charge is 0.234 e. The van der Waals surface area contributed by atoms with E-state index < -0.39 is 0 Å². The van der Waals surface area contributed by atoms with Crippen LogP contribution in [0.4, 0.5) is 0 Å². The Morgan fingerprint density at radius 1 is 0.679 bits per heavy atom. The normalized spacial score (nSPS) is 11.2. The van der Waals surface area contributed by atoms with Gasteiger partial charge in [-0.1, -0.05) is 96.3 Å². The van der Waals surface area contributed by atoms with E-state index in [1.165, 1.54) is 101 Å². The Balaban J connectivity index is 1.89. The molecule has 0 spiro atoms. The summed E-state index contributed by atoms with van der Waals surface area (Å²) in [6.45, 7) is 5.75. The Morgan fingerprint density at radius 3 is 1.89 bits per heavy atom. The van der Waals surface area contributed by atoms with Gasteiger partial charge in [-0.15, -0.1) is 0 Å². The van der Waals surface area contributed by atoms with Crippen LogP contribution in [0.2, 0.25) is 0 Å². The highest BCUT2D eigenvalue weighted by atomic mass is 15.1. The Labute approximate surface area is 174 Å². The number of nitrogens with zero attached hydrogens (tertiary/aromatic N) is 2. The first-order chi connectivity index (χ1) is 13.9. The highest BCUT2D eigenvalue weighted by Crippen LogP contribution is 2.14. The minimum absolute atomic E-state index is 1.16. The van der Waals surface area contributed by atoms with Crippen molar-refractivity contribution in [3.8, 4) is 5.69 Å². The third kappa shape index (κ3) is 8.20. The molecule has 0 N–H and O–H groups in total. The summed E-state index contributed by atoms with van der Waals surface area (Å²) in [6, 6.07) is 10.8. The molecule has 0 saturated heterocycles. The number of imidazole rings is 1. The van der Waals surface area contributed by atoms with Gasteiger partial charge in [-0.25, -0.2) is 4.57 Å². The molecule has 1 aromatic heterocycles. The van der Waals surface area contributed by atoms with Crippen LogP contribution in [-0.2, 0) is 13.0 Å². The minimum atomic E-state index is 1.16. The van der Waals surface area contributed by atoms with E-state index in [4.69, 9.17) is 0 Å². The van der Waals surface area contributed by atoms with Crippen LogP contribution < -0.4 is 4.57 Å². The van der Waals surface area contributed by atoms with Crippen molar-refractivity contribution in [3.05, 3.63) is 48.5 Å². The summed E-state index contributed by atoms with van der Waals surface area (Å²) in [6.07, 6.45) is 23.5. The van der Waals surface area contributed by atoms with E-state index in [0.717, 1.165) is 6.54 Å². The summed E-state index contributed by atoms with van der Waals surface area (Å²) in [5, 5.41) is 0. The molecule has 0 amide bonds. The van der Waals surface area contributed by atoms with Gasteiger partial charge in [0.2, 0.25) is 0 Å². The molecular weight excluding hydrogens is 340 g/mol. The Bertz CT molecular complexity index is 615. The molecule has 0 aliphatic rings. The molecule has 2 heteroatoms. The van der Waals surface area contributed by atoms with E-state index in [1.54, 1.807) is 0 Å². The van der Waals surface area contributed by atoms with E-state index in [9.17, 15) is 0 Å². The summed E-state index contributed by atoms with van der Waals surface area (Å²) in [5.41, 5.74) is 1.29. The predicted molar refractivity (Wildman–Crippen MR) is 121 cm³/mol. The van der Waals surface area contributed by atoms with Crippen molar-refractivity contribution in [1.82, 2.24) is 4.57 Å². The van der Waals surface area contributed by atoms with E-state index in [-0.39, 0.29) is 0 Å². The zero-order valence-corrected chi connectivity index (χ0v) is 18.5. The average molecular weight is 384 g/mol. The monoisotopic (exact) mass is 383 g/mol. The Hall–Kier alpha value is -1.57. The first-order valence-corrected chi connectivity index (χ1v) is 12.0. The number of aryl methyl sites for hydroxylation is 1. The lowest BCUT2D eigenvalue weighted by Crippen LogP contribution is -2.37. The summed E-state index contributed by atoms with van der Waals surface area (Å²) in [5.74, 6) is 1.48. The van der Waals surface area contributed by atoms with Crippen molar-refractivity contribution in [1.29, 1.82) is 0 Å². The van der Waals surface area contributed by atoms with Gasteiger partial charge in [-0.3, -0.25) is 0 Å². The molecule has 156 valence electrons. The van der Waals surface area contributed by atoms with Crippen LogP contribution in [0.15, 0.2) is 42.7 Å². The van der Waals surface area contributed by atoms with Gasteiger partial charge in [-0.2, -0.15) is 4.57 Å². The molecule has 1 heterocycles. The maximum Gasteiger partial charge on any atom is 0.261 e. The number of hydrogen-bond donors (Lipinski definition) is 0. The van der Waals surface area contributed by atoms with Crippen LogP contribution in [0, 0.1) is 0 Å². The lowest BCUT2D eigenvalue weighted by Gasteiger charge is -2.06. The molecule has 0 saturated carbocycles. The highest BCUT2D eigenvalue weighted by Gasteiger charge is 2.18. The molecule has 0 radical (unpaired) electrons. The molecule has 2 aromatic rings. The third-order valence-corrected chi connectivity index (χ3v) is 5.80. The fraction of sp³-hybridized carbons (Fsp3) is 0.654. The van der Waals surface area contributed by atoms with E-state index in [1.807, 2.05) is 0 Å². The summed E-state index contributed by atoms with van der Waals surface area (Å²) >= 11 is 0. The molecule has 0 aliphatic heterocycles. The van der Waals surface area contributed by atoms with Gasteiger partial charge in [-0.05, 0) is 31.4 Å². The van der Waals surface area contributed by atoms with Gasteiger partial charge < -0.3 is 0 Å². The highest BCUT2D eigenvalue weighted by molar-refractivity contribution is 5.31. The van der Waals surface area contributed by atoms with E-state index in [0.29, 0.717) is 0 Å². The molecule has 2 nitrogen and oxygen atoms in total. The van der Waals surface area contributed by atoms with Crippen LogP contribution in [-0.4, -0.2) is 4.57 Å². The van der Waals surface area contributed by atoms with Crippen LogP contribution >= 0.6 is 0 Å². The molecule has 1 aromatic carbocycles. The molecule has 0 fully saturated rings. The van der Waals surface area contributed by atoms with Crippen molar-refractivity contribution in [2.24, 2.45) is 0 Å². The first-order valence-electron chi connectivity index (χ1n) is 12.0. The second-order valence-corrected chi connectivity index (χ2v) is 8.25. The predicted octanol–water partition coefficient (Wildman–Crippen LogP) is 7.42. The van der Waals surface area contributed by atoms with Gasteiger partial charge in [0.05, 0.1) is 6.54 Å². The molecule has 2 rings (SSSR count). The molecule has 0 atom stereocenters. The number of unbranched alkanes of at least 4 members (excludes halogenated alkanes) is 11. The minimum Gasteiger partial charge on any atom is -0.234 e. The third-order valence-electron chi connectivity index (χ3n) is 5.80. The second-order valence-electron chi connectivity index (χ2n) is 8.25. The SMILES string of the molecule is CCCCCCCCCc1n(-c2ccccc2)cc[n+]1CCCCCCCC. The molecule has 0 unspecified atom stereocenters. The number of benzene rings is 1. The van der Waals surface area contributed by atoms with Crippen LogP contribution in [0.25, 0.3) is 5.69 Å². The molecule has 28 heavy (non-hydrogen) atoms. The van der Waals surface area contributed by atoms with E-state index in [2.05, 4.69) is 65.7 Å². The van der Waals surface area contributed by atoms with Gasteiger partial charge in [0.25, 0.3) is 5.82 Å².